The van der Waals surface area contributed by atoms with E-state index in [0.29, 0.717) is 12.2 Å². The second-order valence-corrected chi connectivity index (χ2v) is 7.45. The number of hydrogen-bond acceptors (Lipinski definition) is 5. The van der Waals surface area contributed by atoms with Crippen LogP contribution in [0.1, 0.15) is 0 Å². The number of rotatable bonds is 4. The maximum atomic E-state index is 9.55. The minimum Gasteiger partial charge on any atom is -0.478 e. The third kappa shape index (κ3) is 5.65. The van der Waals surface area contributed by atoms with E-state index in [9.17, 15) is 9.59 Å². The van der Waals surface area contributed by atoms with Gasteiger partial charge in [0, 0.05) is 50.1 Å². The van der Waals surface area contributed by atoms with Crippen molar-refractivity contribution < 1.29 is 19.8 Å². The monoisotopic (exact) mass is 395 g/mol. The lowest BCUT2D eigenvalue weighted by atomic mass is 10.0. The van der Waals surface area contributed by atoms with E-state index in [4.69, 9.17) is 10.2 Å². The fourth-order valence-electron chi connectivity index (χ4n) is 3.97. The topological polar surface area (TPSA) is 94.0 Å². The highest BCUT2D eigenvalue weighted by molar-refractivity contribution is 5.89. The van der Waals surface area contributed by atoms with Crippen molar-refractivity contribution in [3.63, 3.8) is 0 Å². The summed E-state index contributed by atoms with van der Waals surface area (Å²) in [4.78, 5) is 28.5. The van der Waals surface area contributed by atoms with Crippen LogP contribution in [-0.2, 0) is 9.59 Å². The minimum atomic E-state index is -1.26. The molecule has 0 amide bonds. The average Bonchev–Trinajstić information content (AvgIpc) is 3.25. The van der Waals surface area contributed by atoms with Crippen LogP contribution in [0.25, 0.3) is 11.1 Å². The molecule has 152 valence electrons. The Balaban J connectivity index is 0.000000258. The van der Waals surface area contributed by atoms with Crippen molar-refractivity contribution in [1.82, 2.24) is 9.88 Å². The van der Waals surface area contributed by atoms with Gasteiger partial charge in [-0.25, -0.2) is 9.59 Å². The van der Waals surface area contributed by atoms with Crippen molar-refractivity contribution in [3.05, 3.63) is 60.9 Å². The van der Waals surface area contributed by atoms with Gasteiger partial charge in [0.05, 0.1) is 11.9 Å². The van der Waals surface area contributed by atoms with Gasteiger partial charge >= 0.3 is 11.9 Å². The average molecular weight is 395 g/mol. The molecule has 1 aromatic carbocycles. The molecular weight excluding hydrogens is 370 g/mol. The number of likely N-dealkylation sites (tertiary alicyclic amines) is 1. The zero-order valence-corrected chi connectivity index (χ0v) is 16.3. The molecule has 2 aliphatic rings. The lowest BCUT2D eigenvalue weighted by molar-refractivity contribution is -0.134. The van der Waals surface area contributed by atoms with E-state index in [-0.39, 0.29) is 0 Å². The summed E-state index contributed by atoms with van der Waals surface area (Å²) >= 11 is 0. The summed E-state index contributed by atoms with van der Waals surface area (Å²) in [6.07, 6.45) is 5.09. The van der Waals surface area contributed by atoms with Gasteiger partial charge in [0.15, 0.2) is 0 Å². The lowest BCUT2D eigenvalue weighted by Gasteiger charge is -2.21. The summed E-state index contributed by atoms with van der Waals surface area (Å²) < 4.78 is 0. The van der Waals surface area contributed by atoms with Gasteiger partial charge in [-0.3, -0.25) is 4.98 Å². The first kappa shape index (κ1) is 20.5. The first-order valence-corrected chi connectivity index (χ1v) is 9.50. The van der Waals surface area contributed by atoms with Gasteiger partial charge in [-0.2, -0.15) is 0 Å². The molecule has 4 rings (SSSR count). The van der Waals surface area contributed by atoms with Crippen LogP contribution in [0.4, 0.5) is 5.69 Å². The predicted molar refractivity (Wildman–Crippen MR) is 111 cm³/mol. The van der Waals surface area contributed by atoms with Gasteiger partial charge in [-0.1, -0.05) is 30.3 Å². The number of carbonyl (C=O) groups is 2. The Morgan fingerprint density at radius 1 is 0.931 bits per heavy atom. The molecule has 2 fully saturated rings. The molecule has 2 aliphatic heterocycles. The molecule has 0 spiro atoms. The highest BCUT2D eigenvalue weighted by Gasteiger charge is 2.38. The smallest absolute Gasteiger partial charge is 0.328 e. The van der Waals surface area contributed by atoms with Gasteiger partial charge in [-0.15, -0.1) is 0 Å². The second kappa shape index (κ2) is 9.34. The summed E-state index contributed by atoms with van der Waals surface area (Å²) in [5.74, 6) is -0.856. The van der Waals surface area contributed by atoms with Crippen LogP contribution in [0.5, 0.6) is 0 Å². The summed E-state index contributed by atoms with van der Waals surface area (Å²) in [6.45, 7) is 4.84. The molecule has 3 heterocycles. The molecule has 7 nitrogen and oxygen atoms in total. The van der Waals surface area contributed by atoms with Crippen molar-refractivity contribution in [3.8, 4) is 11.1 Å². The molecule has 2 atom stereocenters. The maximum Gasteiger partial charge on any atom is 0.328 e. The molecule has 2 unspecified atom stereocenters. The Morgan fingerprint density at radius 3 is 2.07 bits per heavy atom. The molecule has 0 saturated carbocycles. The standard InChI is InChI=1S/C18H21N3.C4H4O4/c1-20-10-16-12-21(13-17(16)11-20)18-7-15(8-19-9-18)14-5-3-2-4-6-14;5-3(6)1-2-4(7)8/h2-9,16-17H,10-13H2,1H3;1-2H,(H,5,6)(H,7,8). The van der Waals surface area contributed by atoms with Crippen molar-refractivity contribution in [2.24, 2.45) is 11.8 Å². The van der Waals surface area contributed by atoms with Crippen LogP contribution < -0.4 is 4.90 Å². The number of carboxylic acids is 2. The molecule has 29 heavy (non-hydrogen) atoms. The van der Waals surface area contributed by atoms with E-state index < -0.39 is 11.9 Å². The van der Waals surface area contributed by atoms with Crippen LogP contribution in [0.3, 0.4) is 0 Å². The summed E-state index contributed by atoms with van der Waals surface area (Å²) in [5.41, 5.74) is 3.72. The minimum absolute atomic E-state index is 0.558. The number of fused-ring (bicyclic) bond motifs is 1. The van der Waals surface area contributed by atoms with Gasteiger partial charge in [0.2, 0.25) is 0 Å². The number of anilines is 1. The molecule has 2 N–H and O–H groups in total. The molecule has 0 radical (unpaired) electrons. The number of hydrogen-bond donors (Lipinski definition) is 2. The molecule has 2 aromatic rings. The quantitative estimate of drug-likeness (QED) is 0.768. The number of nitrogens with zero attached hydrogens (tertiary/aromatic N) is 3. The number of benzene rings is 1. The van der Waals surface area contributed by atoms with E-state index in [0.717, 1.165) is 11.8 Å². The molecular formula is C22H25N3O4. The van der Waals surface area contributed by atoms with Crippen molar-refractivity contribution in [2.75, 3.05) is 38.1 Å². The Kier molecular flexibility index (Phi) is 6.61. The summed E-state index contributed by atoms with van der Waals surface area (Å²) in [6, 6.07) is 12.8. The van der Waals surface area contributed by atoms with Crippen LogP contribution in [0.2, 0.25) is 0 Å². The number of pyridine rings is 1. The number of aliphatic carboxylic acids is 2. The van der Waals surface area contributed by atoms with Gasteiger partial charge in [0.25, 0.3) is 0 Å². The van der Waals surface area contributed by atoms with Crippen LogP contribution in [0, 0.1) is 11.8 Å². The summed E-state index contributed by atoms with van der Waals surface area (Å²) in [5, 5.41) is 15.6. The third-order valence-electron chi connectivity index (χ3n) is 5.23. The highest BCUT2D eigenvalue weighted by atomic mass is 16.4. The zero-order valence-electron chi connectivity index (χ0n) is 16.3. The highest BCUT2D eigenvalue weighted by Crippen LogP contribution is 2.34. The Bertz CT molecular complexity index is 855. The van der Waals surface area contributed by atoms with Crippen molar-refractivity contribution in [1.29, 1.82) is 0 Å². The normalized spacial score (nSPS) is 20.9. The Hall–Kier alpha value is -3.19. The van der Waals surface area contributed by atoms with Gasteiger partial charge in [-0.05, 0) is 30.5 Å². The van der Waals surface area contributed by atoms with Crippen LogP contribution in [0.15, 0.2) is 60.9 Å². The van der Waals surface area contributed by atoms with Crippen LogP contribution in [-0.4, -0.2) is 65.3 Å². The van der Waals surface area contributed by atoms with E-state index in [1.54, 1.807) is 0 Å². The van der Waals surface area contributed by atoms with Crippen LogP contribution >= 0.6 is 0 Å². The van der Waals surface area contributed by atoms with E-state index in [1.165, 1.54) is 43.0 Å². The van der Waals surface area contributed by atoms with E-state index in [1.807, 2.05) is 12.4 Å². The summed E-state index contributed by atoms with van der Waals surface area (Å²) in [7, 11) is 2.24. The third-order valence-corrected chi connectivity index (χ3v) is 5.23. The van der Waals surface area contributed by atoms with E-state index >= 15 is 0 Å². The Morgan fingerprint density at radius 2 is 1.52 bits per heavy atom. The first-order valence-electron chi connectivity index (χ1n) is 9.50. The van der Waals surface area contributed by atoms with Gasteiger partial charge < -0.3 is 20.0 Å². The van der Waals surface area contributed by atoms with Crippen molar-refractivity contribution >= 4 is 17.6 Å². The largest absolute Gasteiger partial charge is 0.478 e. The SMILES string of the molecule is CN1CC2CN(c3cncc(-c4ccccc4)c3)CC2C1.O=C(O)C=CC(=O)O. The maximum absolute atomic E-state index is 9.55. The predicted octanol–water partition coefficient (Wildman–Crippen LogP) is 2.46. The molecule has 0 bridgehead atoms. The van der Waals surface area contributed by atoms with Gasteiger partial charge in [0.1, 0.15) is 0 Å². The fraction of sp³-hybridized carbons (Fsp3) is 0.318. The zero-order chi connectivity index (χ0) is 20.8. The molecule has 7 heteroatoms. The number of carboxylic acid groups (broad SMARTS) is 2. The molecule has 0 aliphatic carbocycles. The Labute approximate surface area is 169 Å². The second-order valence-electron chi connectivity index (χ2n) is 7.45. The van der Waals surface area contributed by atoms with Crippen molar-refractivity contribution in [2.45, 2.75) is 0 Å². The molecule has 1 aromatic heterocycles. The number of aromatic nitrogens is 1. The van der Waals surface area contributed by atoms with E-state index in [2.05, 4.69) is 58.2 Å². The molecule has 2 saturated heterocycles. The first-order chi connectivity index (χ1) is 13.9. The lowest BCUT2D eigenvalue weighted by Crippen LogP contribution is -2.26. The fourth-order valence-corrected chi connectivity index (χ4v) is 3.97.